The zero-order valence-corrected chi connectivity index (χ0v) is 10.0. The second-order valence-corrected chi connectivity index (χ2v) is 3.80. The second kappa shape index (κ2) is 5.52. The van der Waals surface area contributed by atoms with Crippen LogP contribution in [0.5, 0.6) is 0 Å². The number of hydrogen-bond acceptors (Lipinski definition) is 5. The van der Waals surface area contributed by atoms with Gasteiger partial charge in [0.1, 0.15) is 6.07 Å². The van der Waals surface area contributed by atoms with E-state index in [0.717, 1.165) is 12.3 Å². The lowest BCUT2D eigenvalue weighted by Gasteiger charge is -2.07. The Morgan fingerprint density at radius 3 is 2.30 bits per heavy atom. The highest BCUT2D eigenvalue weighted by Crippen LogP contribution is 2.28. The molecule has 0 saturated carbocycles. The third kappa shape index (κ3) is 3.41. The minimum Gasteiger partial charge on any atom is -0.349 e. The van der Waals surface area contributed by atoms with Gasteiger partial charge in [0.25, 0.3) is 0 Å². The van der Waals surface area contributed by atoms with Crippen LogP contribution in [0.2, 0.25) is 0 Å². The molecule has 102 valence electrons. The van der Waals surface area contributed by atoms with Gasteiger partial charge in [0.05, 0.1) is 35.8 Å². The van der Waals surface area contributed by atoms with Crippen molar-refractivity contribution in [3.05, 3.63) is 47.5 Å². The maximum absolute atomic E-state index is 12.3. The summed E-state index contributed by atoms with van der Waals surface area (Å²) in [6.45, 7) is 0.185. The van der Waals surface area contributed by atoms with E-state index in [1.54, 1.807) is 0 Å². The predicted octanol–water partition coefficient (Wildman–Crippen LogP) is 2.37. The molecule has 5 nitrogen and oxygen atoms in total. The predicted molar refractivity (Wildman–Crippen MR) is 63.3 cm³/mol. The zero-order chi connectivity index (χ0) is 14.6. The maximum atomic E-state index is 12.3. The van der Waals surface area contributed by atoms with Crippen molar-refractivity contribution in [1.82, 2.24) is 15.0 Å². The van der Waals surface area contributed by atoms with Gasteiger partial charge in [0, 0.05) is 6.20 Å². The topological polar surface area (TPSA) is 74.5 Å². The number of halogens is 3. The van der Waals surface area contributed by atoms with E-state index in [-0.39, 0.29) is 12.5 Å². The van der Waals surface area contributed by atoms with Crippen molar-refractivity contribution in [3.8, 4) is 6.07 Å². The number of nitrogens with zero attached hydrogens (tertiary/aromatic N) is 4. The lowest BCUT2D eigenvalue weighted by atomic mass is 10.2. The van der Waals surface area contributed by atoms with E-state index in [1.807, 2.05) is 6.07 Å². The lowest BCUT2D eigenvalue weighted by Crippen LogP contribution is -2.08. The quantitative estimate of drug-likeness (QED) is 0.933. The highest BCUT2D eigenvalue weighted by Gasteiger charge is 2.30. The molecule has 0 aliphatic carbocycles. The van der Waals surface area contributed by atoms with Crippen LogP contribution in [0, 0.1) is 11.3 Å². The van der Waals surface area contributed by atoms with Crippen LogP contribution in [0.25, 0.3) is 0 Å². The summed E-state index contributed by atoms with van der Waals surface area (Å²) in [4.78, 5) is 11.4. The molecule has 0 unspecified atom stereocenters. The van der Waals surface area contributed by atoms with Crippen LogP contribution in [-0.4, -0.2) is 15.0 Å². The number of aromatic nitrogens is 3. The molecular weight excluding hydrogens is 271 g/mol. The average Bonchev–Trinajstić information content (AvgIpc) is 2.45. The number of pyridine rings is 1. The summed E-state index contributed by atoms with van der Waals surface area (Å²) in [5, 5.41) is 11.4. The number of anilines is 1. The number of nitrogens with one attached hydrogen (secondary N) is 1. The first-order chi connectivity index (χ1) is 9.49. The Morgan fingerprint density at radius 1 is 1.10 bits per heavy atom. The third-order valence-corrected chi connectivity index (χ3v) is 2.36. The molecule has 2 heterocycles. The number of rotatable bonds is 3. The third-order valence-electron chi connectivity index (χ3n) is 2.36. The van der Waals surface area contributed by atoms with Gasteiger partial charge >= 0.3 is 6.18 Å². The molecule has 0 bridgehead atoms. The number of alkyl halides is 3. The van der Waals surface area contributed by atoms with E-state index in [9.17, 15) is 13.2 Å². The molecule has 0 saturated heterocycles. The molecule has 0 spiro atoms. The van der Waals surface area contributed by atoms with Crippen molar-refractivity contribution in [1.29, 1.82) is 5.26 Å². The zero-order valence-electron chi connectivity index (χ0n) is 10.0. The molecule has 20 heavy (non-hydrogen) atoms. The van der Waals surface area contributed by atoms with Crippen LogP contribution in [0.1, 0.15) is 16.8 Å². The van der Waals surface area contributed by atoms with E-state index < -0.39 is 11.7 Å². The van der Waals surface area contributed by atoms with Crippen LogP contribution >= 0.6 is 0 Å². The van der Waals surface area contributed by atoms with Gasteiger partial charge in [-0.1, -0.05) is 0 Å². The van der Waals surface area contributed by atoms with Crippen molar-refractivity contribution in [2.24, 2.45) is 0 Å². The number of hydrogen-bond donors (Lipinski definition) is 1. The Hall–Kier alpha value is -2.69. The van der Waals surface area contributed by atoms with Gasteiger partial charge in [-0.25, -0.2) is 9.97 Å². The molecule has 0 aliphatic rings. The Balaban J connectivity index is 1.98. The van der Waals surface area contributed by atoms with Crippen molar-refractivity contribution in [2.75, 3.05) is 5.32 Å². The monoisotopic (exact) mass is 279 g/mol. The molecule has 2 aromatic heterocycles. The molecule has 8 heteroatoms. The molecular formula is C12H8F3N5. The van der Waals surface area contributed by atoms with Gasteiger partial charge in [-0.15, -0.1) is 0 Å². The summed E-state index contributed by atoms with van der Waals surface area (Å²) < 4.78 is 37.0. The first-order valence-corrected chi connectivity index (χ1v) is 5.47. The molecule has 0 atom stereocenters. The fourth-order valence-electron chi connectivity index (χ4n) is 1.34. The molecule has 0 amide bonds. The Morgan fingerprint density at radius 2 is 1.80 bits per heavy atom. The normalized spacial score (nSPS) is 10.9. The summed E-state index contributed by atoms with van der Waals surface area (Å²) in [7, 11) is 0. The highest BCUT2D eigenvalue weighted by atomic mass is 19.4. The molecule has 0 aromatic carbocycles. The minimum atomic E-state index is -4.39. The van der Waals surface area contributed by atoms with Gasteiger partial charge < -0.3 is 5.32 Å². The first kappa shape index (κ1) is 13.7. The Kier molecular flexibility index (Phi) is 3.79. The van der Waals surface area contributed by atoms with Crippen LogP contribution in [0.15, 0.2) is 30.7 Å². The second-order valence-electron chi connectivity index (χ2n) is 3.80. The van der Waals surface area contributed by atoms with Crippen LogP contribution in [0.4, 0.5) is 19.1 Å². The van der Waals surface area contributed by atoms with Crippen LogP contribution in [-0.2, 0) is 12.7 Å². The summed E-state index contributed by atoms with van der Waals surface area (Å²) in [6, 6.07) is 4.12. The first-order valence-electron chi connectivity index (χ1n) is 5.47. The van der Waals surface area contributed by atoms with Crippen LogP contribution in [0.3, 0.4) is 0 Å². The summed E-state index contributed by atoms with van der Waals surface area (Å²) in [6.07, 6.45) is -0.934. The van der Waals surface area contributed by atoms with E-state index in [0.29, 0.717) is 11.3 Å². The molecule has 2 aromatic rings. The smallest absolute Gasteiger partial charge is 0.349 e. The largest absolute Gasteiger partial charge is 0.417 e. The van der Waals surface area contributed by atoms with Crippen molar-refractivity contribution < 1.29 is 13.2 Å². The van der Waals surface area contributed by atoms with E-state index >= 15 is 0 Å². The van der Waals surface area contributed by atoms with E-state index in [2.05, 4.69) is 20.3 Å². The average molecular weight is 279 g/mol. The maximum Gasteiger partial charge on any atom is 0.417 e. The fraction of sp³-hybridized carbons (Fsp3) is 0.167. The van der Waals surface area contributed by atoms with Gasteiger partial charge in [-0.3, -0.25) is 4.98 Å². The van der Waals surface area contributed by atoms with Crippen LogP contribution < -0.4 is 5.32 Å². The molecule has 0 fully saturated rings. The van der Waals surface area contributed by atoms with E-state index in [1.165, 1.54) is 18.5 Å². The summed E-state index contributed by atoms with van der Waals surface area (Å²) >= 11 is 0. The van der Waals surface area contributed by atoms with Crippen molar-refractivity contribution in [3.63, 3.8) is 0 Å². The molecule has 0 radical (unpaired) electrons. The van der Waals surface area contributed by atoms with E-state index in [4.69, 9.17) is 5.26 Å². The summed E-state index contributed by atoms with van der Waals surface area (Å²) in [5.74, 6) is 0.269. The Labute approximate surface area is 112 Å². The van der Waals surface area contributed by atoms with Gasteiger partial charge in [-0.2, -0.15) is 18.4 Å². The van der Waals surface area contributed by atoms with Gasteiger partial charge in [0.2, 0.25) is 5.95 Å². The highest BCUT2D eigenvalue weighted by molar-refractivity contribution is 5.30. The number of nitriles is 1. The molecule has 0 aliphatic heterocycles. The lowest BCUT2D eigenvalue weighted by molar-refractivity contribution is -0.137. The fourth-order valence-corrected chi connectivity index (χ4v) is 1.34. The van der Waals surface area contributed by atoms with Gasteiger partial charge in [-0.05, 0) is 12.1 Å². The van der Waals surface area contributed by atoms with Gasteiger partial charge in [0.15, 0.2) is 0 Å². The Bertz CT molecular complexity index is 614. The SMILES string of the molecule is N#Cc1cnc(NCc2ccc(C(F)(F)F)cn2)nc1. The molecule has 1 N–H and O–H groups in total. The van der Waals surface area contributed by atoms with Crippen molar-refractivity contribution in [2.45, 2.75) is 12.7 Å². The van der Waals surface area contributed by atoms with Crippen molar-refractivity contribution >= 4 is 5.95 Å². The summed E-state index contributed by atoms with van der Waals surface area (Å²) in [5.41, 5.74) is -0.0509. The standard InChI is InChI=1S/C12H8F3N5/c13-12(14,15)9-1-2-10(17-6-9)7-20-11-18-4-8(3-16)5-19-11/h1-2,4-6H,7H2,(H,18,19,20). The minimum absolute atomic E-state index is 0.185. The molecule has 2 rings (SSSR count).